The number of amides is 1. The van der Waals surface area contributed by atoms with Gasteiger partial charge in [-0.3, -0.25) is 14.9 Å². The number of carbonyl (C=O) groups is 2. The van der Waals surface area contributed by atoms with Gasteiger partial charge in [0.15, 0.2) is 5.60 Å². The summed E-state index contributed by atoms with van der Waals surface area (Å²) in [7, 11) is 0. The molecule has 0 aromatic heterocycles. The summed E-state index contributed by atoms with van der Waals surface area (Å²) >= 11 is 0. The zero-order valence-electron chi connectivity index (χ0n) is 14.5. The highest BCUT2D eigenvalue weighted by Gasteiger charge is 2.50. The number of nitrogens with one attached hydrogen (secondary N) is 2. The molecule has 1 amide bonds. The lowest BCUT2D eigenvalue weighted by atomic mass is 10.0. The molecule has 1 fully saturated rings. The van der Waals surface area contributed by atoms with E-state index in [1.165, 1.54) is 0 Å². The number of hydrogen-bond acceptors (Lipinski definition) is 5. The van der Waals surface area contributed by atoms with Crippen LogP contribution in [-0.4, -0.2) is 42.7 Å². The maximum Gasteiger partial charge on any atom is 0.238 e. The maximum atomic E-state index is 12.5. The molecule has 132 valence electrons. The largest absolute Gasteiger partial charge is 0.361 e. The lowest BCUT2D eigenvalue weighted by Crippen LogP contribution is -2.58. The molecule has 24 heavy (non-hydrogen) atoms. The molecule has 0 radical (unpaired) electrons. The summed E-state index contributed by atoms with van der Waals surface area (Å²) in [5, 5.41) is 5.83. The minimum Gasteiger partial charge on any atom is -0.361 e. The Morgan fingerprint density at radius 3 is 2.46 bits per heavy atom. The zero-order chi connectivity index (χ0) is 17.7. The Kier molecular flexibility index (Phi) is 6.10. The van der Waals surface area contributed by atoms with E-state index in [2.05, 4.69) is 10.6 Å². The standard InChI is InChI=1S/C18H27N3O3/c1-12(2)10-20-16(15(22)18(3)11-24-18)21-17(23)14(19)9-13-7-5-4-6-8-13/h4-8,12,14,16,20H,9-11,19H2,1-3H3,(H,21,23). The molecule has 1 aliphatic rings. The molecule has 1 aromatic carbocycles. The van der Waals surface area contributed by atoms with Crippen molar-refractivity contribution < 1.29 is 14.3 Å². The van der Waals surface area contributed by atoms with Crippen LogP contribution in [0.1, 0.15) is 26.3 Å². The number of ether oxygens (including phenoxy) is 1. The number of Topliss-reactive ketones (excluding diaryl/α,β-unsaturated/α-hetero) is 1. The van der Waals surface area contributed by atoms with Gasteiger partial charge < -0.3 is 15.8 Å². The van der Waals surface area contributed by atoms with Crippen LogP contribution in [0.25, 0.3) is 0 Å². The second kappa shape index (κ2) is 7.88. The van der Waals surface area contributed by atoms with Crippen molar-refractivity contribution in [2.75, 3.05) is 13.2 Å². The van der Waals surface area contributed by atoms with E-state index >= 15 is 0 Å². The van der Waals surface area contributed by atoms with Gasteiger partial charge in [0.05, 0.1) is 12.6 Å². The van der Waals surface area contributed by atoms with Crippen molar-refractivity contribution in [3.05, 3.63) is 35.9 Å². The van der Waals surface area contributed by atoms with E-state index < -0.39 is 17.8 Å². The van der Waals surface area contributed by atoms with Crippen LogP contribution in [-0.2, 0) is 20.7 Å². The molecule has 3 atom stereocenters. The monoisotopic (exact) mass is 333 g/mol. The Hall–Kier alpha value is -1.76. The molecule has 0 bridgehead atoms. The molecule has 0 aliphatic carbocycles. The average Bonchev–Trinajstić information content (AvgIpc) is 3.30. The first-order valence-corrected chi connectivity index (χ1v) is 8.33. The van der Waals surface area contributed by atoms with Gasteiger partial charge in [0, 0.05) is 0 Å². The van der Waals surface area contributed by atoms with Gasteiger partial charge in [-0.2, -0.15) is 0 Å². The molecular weight excluding hydrogens is 306 g/mol. The molecular formula is C18H27N3O3. The number of nitrogens with two attached hydrogens (primary N) is 1. The first-order chi connectivity index (χ1) is 11.3. The van der Waals surface area contributed by atoms with Crippen LogP contribution >= 0.6 is 0 Å². The van der Waals surface area contributed by atoms with Gasteiger partial charge in [0.25, 0.3) is 0 Å². The Balaban J connectivity index is 1.96. The van der Waals surface area contributed by atoms with E-state index in [9.17, 15) is 9.59 Å². The molecule has 1 aliphatic heterocycles. The van der Waals surface area contributed by atoms with Gasteiger partial charge in [-0.15, -0.1) is 0 Å². The number of epoxide rings is 1. The highest BCUT2D eigenvalue weighted by atomic mass is 16.6. The quantitative estimate of drug-likeness (QED) is 0.454. The molecule has 4 N–H and O–H groups in total. The van der Waals surface area contributed by atoms with Gasteiger partial charge in [0.1, 0.15) is 6.17 Å². The van der Waals surface area contributed by atoms with Crippen LogP contribution in [0, 0.1) is 5.92 Å². The van der Waals surface area contributed by atoms with Crippen molar-refractivity contribution in [2.24, 2.45) is 11.7 Å². The van der Waals surface area contributed by atoms with Gasteiger partial charge >= 0.3 is 0 Å². The summed E-state index contributed by atoms with van der Waals surface area (Å²) in [6.07, 6.45) is -0.361. The second-order valence-corrected chi connectivity index (χ2v) is 6.92. The van der Waals surface area contributed by atoms with Gasteiger partial charge in [-0.25, -0.2) is 0 Å². The lowest BCUT2D eigenvalue weighted by Gasteiger charge is -2.23. The van der Waals surface area contributed by atoms with Crippen molar-refractivity contribution >= 4 is 11.7 Å². The van der Waals surface area contributed by atoms with E-state index in [1.807, 2.05) is 44.2 Å². The van der Waals surface area contributed by atoms with Crippen LogP contribution in [0.15, 0.2) is 30.3 Å². The van der Waals surface area contributed by atoms with Crippen LogP contribution in [0.5, 0.6) is 0 Å². The molecule has 6 heteroatoms. The number of carbonyl (C=O) groups excluding carboxylic acids is 2. The molecule has 3 unspecified atom stereocenters. The molecule has 6 nitrogen and oxygen atoms in total. The number of ketones is 1. The Morgan fingerprint density at radius 1 is 1.29 bits per heavy atom. The average molecular weight is 333 g/mol. The summed E-state index contributed by atoms with van der Waals surface area (Å²) in [6.45, 7) is 6.80. The lowest BCUT2D eigenvalue weighted by molar-refractivity contribution is -0.131. The molecule has 2 rings (SSSR count). The first-order valence-electron chi connectivity index (χ1n) is 8.33. The zero-order valence-corrected chi connectivity index (χ0v) is 14.5. The fraction of sp³-hybridized carbons (Fsp3) is 0.556. The van der Waals surface area contributed by atoms with E-state index in [0.29, 0.717) is 25.5 Å². The number of rotatable bonds is 9. The normalized spacial score (nSPS) is 22.0. The molecule has 0 saturated carbocycles. The van der Waals surface area contributed by atoms with Gasteiger partial charge in [-0.1, -0.05) is 44.2 Å². The Bertz CT molecular complexity index is 570. The third kappa shape index (κ3) is 5.12. The third-order valence-electron chi connectivity index (χ3n) is 4.01. The minimum atomic E-state index is -0.800. The smallest absolute Gasteiger partial charge is 0.238 e. The molecule has 1 saturated heterocycles. The van der Waals surface area contributed by atoms with Gasteiger partial charge in [-0.05, 0) is 31.4 Å². The van der Waals surface area contributed by atoms with Crippen LogP contribution in [0.3, 0.4) is 0 Å². The van der Waals surface area contributed by atoms with E-state index in [0.717, 1.165) is 5.56 Å². The fourth-order valence-corrected chi connectivity index (χ4v) is 2.33. The van der Waals surface area contributed by atoms with Crippen LogP contribution in [0.2, 0.25) is 0 Å². The first kappa shape index (κ1) is 18.6. The summed E-state index contributed by atoms with van der Waals surface area (Å²) in [6, 6.07) is 8.86. The van der Waals surface area contributed by atoms with E-state index in [4.69, 9.17) is 10.5 Å². The summed E-state index contributed by atoms with van der Waals surface area (Å²) < 4.78 is 5.21. The summed E-state index contributed by atoms with van der Waals surface area (Å²) in [5.41, 5.74) is 6.18. The maximum absolute atomic E-state index is 12.5. The SMILES string of the molecule is CC(C)CNC(NC(=O)C(N)Cc1ccccc1)C(=O)C1(C)CO1. The van der Waals surface area contributed by atoms with Crippen molar-refractivity contribution in [2.45, 2.75) is 45.0 Å². The Morgan fingerprint density at radius 2 is 1.92 bits per heavy atom. The van der Waals surface area contributed by atoms with Crippen molar-refractivity contribution in [3.8, 4) is 0 Å². The number of hydrogen-bond donors (Lipinski definition) is 3. The minimum absolute atomic E-state index is 0.164. The van der Waals surface area contributed by atoms with E-state index in [-0.39, 0.29) is 11.7 Å². The fourth-order valence-electron chi connectivity index (χ4n) is 2.33. The van der Waals surface area contributed by atoms with E-state index in [1.54, 1.807) is 6.92 Å². The summed E-state index contributed by atoms with van der Waals surface area (Å²) in [5.74, 6) is -0.163. The Labute approximate surface area is 143 Å². The topological polar surface area (TPSA) is 96.8 Å². The molecule has 1 heterocycles. The molecule has 1 aromatic rings. The predicted molar refractivity (Wildman–Crippen MR) is 92.3 cm³/mol. The molecule has 0 spiro atoms. The third-order valence-corrected chi connectivity index (χ3v) is 4.01. The van der Waals surface area contributed by atoms with Crippen LogP contribution < -0.4 is 16.4 Å². The van der Waals surface area contributed by atoms with Crippen molar-refractivity contribution in [1.82, 2.24) is 10.6 Å². The highest BCUT2D eigenvalue weighted by molar-refractivity contribution is 5.96. The van der Waals surface area contributed by atoms with Gasteiger partial charge in [0.2, 0.25) is 11.7 Å². The predicted octanol–water partition coefficient (Wildman–Crippen LogP) is 0.602. The number of benzene rings is 1. The van der Waals surface area contributed by atoms with Crippen molar-refractivity contribution in [1.29, 1.82) is 0 Å². The van der Waals surface area contributed by atoms with Crippen molar-refractivity contribution in [3.63, 3.8) is 0 Å². The highest BCUT2D eigenvalue weighted by Crippen LogP contribution is 2.27. The van der Waals surface area contributed by atoms with Crippen LogP contribution in [0.4, 0.5) is 0 Å². The summed E-state index contributed by atoms with van der Waals surface area (Å²) in [4.78, 5) is 24.9. The second-order valence-electron chi connectivity index (χ2n) is 6.92.